The minimum Gasteiger partial charge on any atom is -0.494 e. The molecule has 1 aliphatic rings. The van der Waals surface area contributed by atoms with Gasteiger partial charge in [-0.1, -0.05) is 26.0 Å². The van der Waals surface area contributed by atoms with Crippen LogP contribution in [0.5, 0.6) is 5.75 Å². The van der Waals surface area contributed by atoms with Crippen molar-refractivity contribution in [3.63, 3.8) is 0 Å². The summed E-state index contributed by atoms with van der Waals surface area (Å²) in [5.41, 5.74) is 1.47. The van der Waals surface area contributed by atoms with E-state index in [-0.39, 0.29) is 0 Å². The van der Waals surface area contributed by atoms with Crippen LogP contribution < -0.4 is 10.1 Å². The van der Waals surface area contributed by atoms with Gasteiger partial charge in [0, 0.05) is 0 Å². The molecule has 1 aliphatic heterocycles. The van der Waals surface area contributed by atoms with Gasteiger partial charge in [-0.25, -0.2) is 0 Å². The molecule has 1 aromatic carbocycles. The van der Waals surface area contributed by atoms with Crippen molar-refractivity contribution >= 4 is 0 Å². The predicted octanol–water partition coefficient (Wildman–Crippen LogP) is 3.58. The zero-order valence-electron chi connectivity index (χ0n) is 11.6. The van der Waals surface area contributed by atoms with E-state index < -0.39 is 0 Å². The molecule has 0 amide bonds. The molecule has 2 rings (SSSR count). The molecule has 0 aliphatic carbocycles. The fraction of sp³-hybridized carbons (Fsp3) is 0.625. The number of nitrogens with one attached hydrogen (secondary N) is 1. The largest absolute Gasteiger partial charge is 0.494 e. The van der Waals surface area contributed by atoms with Crippen LogP contribution in [0.4, 0.5) is 0 Å². The zero-order valence-corrected chi connectivity index (χ0v) is 11.6. The molecule has 0 radical (unpaired) electrons. The Hall–Kier alpha value is -1.02. The highest BCUT2D eigenvalue weighted by Crippen LogP contribution is 2.26. The molecule has 18 heavy (non-hydrogen) atoms. The summed E-state index contributed by atoms with van der Waals surface area (Å²) in [6.45, 7) is 7.58. The molecule has 0 bridgehead atoms. The molecule has 1 aromatic rings. The van der Waals surface area contributed by atoms with Crippen LogP contribution in [0.2, 0.25) is 0 Å². The first-order valence-corrected chi connectivity index (χ1v) is 7.19. The van der Waals surface area contributed by atoms with E-state index in [9.17, 15) is 0 Å². The van der Waals surface area contributed by atoms with Gasteiger partial charge in [-0.05, 0) is 61.9 Å². The average molecular weight is 247 g/mol. The topological polar surface area (TPSA) is 21.3 Å². The second-order valence-corrected chi connectivity index (χ2v) is 5.62. The van der Waals surface area contributed by atoms with Crippen molar-refractivity contribution in [1.82, 2.24) is 5.32 Å². The average Bonchev–Trinajstić information content (AvgIpc) is 2.40. The van der Waals surface area contributed by atoms with E-state index in [1.807, 2.05) is 0 Å². The van der Waals surface area contributed by atoms with E-state index in [2.05, 4.69) is 43.4 Å². The number of piperidine rings is 1. The summed E-state index contributed by atoms with van der Waals surface area (Å²) >= 11 is 0. The van der Waals surface area contributed by atoms with Crippen LogP contribution in [0.15, 0.2) is 24.3 Å². The quantitative estimate of drug-likeness (QED) is 0.858. The second-order valence-electron chi connectivity index (χ2n) is 5.62. The minimum absolute atomic E-state index is 0.707. The van der Waals surface area contributed by atoms with Crippen LogP contribution in [-0.2, 0) is 0 Å². The van der Waals surface area contributed by atoms with Crippen molar-refractivity contribution in [2.45, 2.75) is 39.0 Å². The van der Waals surface area contributed by atoms with E-state index in [0.29, 0.717) is 5.92 Å². The van der Waals surface area contributed by atoms with Crippen molar-refractivity contribution < 1.29 is 4.74 Å². The van der Waals surface area contributed by atoms with Crippen molar-refractivity contribution in [2.24, 2.45) is 5.92 Å². The lowest BCUT2D eigenvalue weighted by Crippen LogP contribution is -2.26. The van der Waals surface area contributed by atoms with Gasteiger partial charge in [0.25, 0.3) is 0 Å². The van der Waals surface area contributed by atoms with Crippen LogP contribution >= 0.6 is 0 Å². The molecule has 1 N–H and O–H groups in total. The number of benzene rings is 1. The smallest absolute Gasteiger partial charge is 0.119 e. The SMILES string of the molecule is CC(C)CCOc1ccc(C2CCNCC2)cc1. The molecule has 0 spiro atoms. The second kappa shape index (κ2) is 6.79. The summed E-state index contributed by atoms with van der Waals surface area (Å²) in [5.74, 6) is 2.45. The van der Waals surface area contributed by atoms with Gasteiger partial charge in [-0.15, -0.1) is 0 Å². The third kappa shape index (κ3) is 4.02. The Morgan fingerprint density at radius 2 is 1.83 bits per heavy atom. The maximum atomic E-state index is 5.75. The van der Waals surface area contributed by atoms with E-state index in [1.54, 1.807) is 0 Å². The fourth-order valence-corrected chi connectivity index (χ4v) is 2.40. The maximum absolute atomic E-state index is 5.75. The molecule has 1 heterocycles. The van der Waals surface area contributed by atoms with Gasteiger partial charge in [0.15, 0.2) is 0 Å². The van der Waals surface area contributed by atoms with Crippen LogP contribution in [0.1, 0.15) is 44.6 Å². The van der Waals surface area contributed by atoms with Gasteiger partial charge in [0.1, 0.15) is 5.75 Å². The van der Waals surface area contributed by atoms with Crippen LogP contribution in [0.3, 0.4) is 0 Å². The molecule has 0 atom stereocenters. The van der Waals surface area contributed by atoms with E-state index in [0.717, 1.165) is 37.8 Å². The normalized spacial score (nSPS) is 17.1. The van der Waals surface area contributed by atoms with Gasteiger partial charge in [-0.3, -0.25) is 0 Å². The first-order valence-electron chi connectivity index (χ1n) is 7.19. The Labute approximate surface area is 111 Å². The van der Waals surface area contributed by atoms with E-state index in [1.165, 1.54) is 18.4 Å². The van der Waals surface area contributed by atoms with Gasteiger partial charge >= 0.3 is 0 Å². The highest BCUT2D eigenvalue weighted by molar-refractivity contribution is 5.29. The number of rotatable bonds is 5. The summed E-state index contributed by atoms with van der Waals surface area (Å²) < 4.78 is 5.75. The lowest BCUT2D eigenvalue weighted by molar-refractivity contribution is 0.289. The van der Waals surface area contributed by atoms with Crippen molar-refractivity contribution in [2.75, 3.05) is 19.7 Å². The van der Waals surface area contributed by atoms with E-state index >= 15 is 0 Å². The lowest BCUT2D eigenvalue weighted by atomic mass is 9.90. The summed E-state index contributed by atoms with van der Waals surface area (Å²) in [7, 11) is 0. The Morgan fingerprint density at radius 3 is 2.44 bits per heavy atom. The Bertz CT molecular complexity index is 339. The summed E-state index contributed by atoms with van der Waals surface area (Å²) in [6.07, 6.45) is 3.64. The third-order valence-electron chi connectivity index (χ3n) is 3.65. The first kappa shape index (κ1) is 13.4. The molecule has 0 aromatic heterocycles. The molecule has 2 nitrogen and oxygen atoms in total. The highest BCUT2D eigenvalue weighted by Gasteiger charge is 2.14. The molecule has 0 saturated carbocycles. The predicted molar refractivity (Wildman–Crippen MR) is 76.2 cm³/mol. The zero-order chi connectivity index (χ0) is 12.8. The van der Waals surface area contributed by atoms with Gasteiger partial charge in [0.2, 0.25) is 0 Å². The number of ether oxygens (including phenoxy) is 1. The fourth-order valence-electron chi connectivity index (χ4n) is 2.40. The van der Waals surface area contributed by atoms with Crippen LogP contribution in [0.25, 0.3) is 0 Å². The minimum atomic E-state index is 0.707. The van der Waals surface area contributed by atoms with Crippen molar-refractivity contribution in [3.05, 3.63) is 29.8 Å². The van der Waals surface area contributed by atoms with Crippen LogP contribution in [-0.4, -0.2) is 19.7 Å². The van der Waals surface area contributed by atoms with Gasteiger partial charge in [-0.2, -0.15) is 0 Å². The van der Waals surface area contributed by atoms with Gasteiger partial charge in [0.05, 0.1) is 6.61 Å². The molecular weight excluding hydrogens is 222 g/mol. The number of hydrogen-bond acceptors (Lipinski definition) is 2. The molecule has 1 fully saturated rings. The highest BCUT2D eigenvalue weighted by atomic mass is 16.5. The Balaban J connectivity index is 1.84. The van der Waals surface area contributed by atoms with E-state index in [4.69, 9.17) is 4.74 Å². The van der Waals surface area contributed by atoms with Crippen LogP contribution in [0, 0.1) is 5.92 Å². The summed E-state index contributed by atoms with van der Waals surface area (Å²) in [5, 5.41) is 3.41. The van der Waals surface area contributed by atoms with Crippen molar-refractivity contribution in [1.29, 1.82) is 0 Å². The Kier molecular flexibility index (Phi) is 5.06. The molecule has 100 valence electrons. The summed E-state index contributed by atoms with van der Waals surface area (Å²) in [6, 6.07) is 8.72. The number of hydrogen-bond donors (Lipinski definition) is 1. The lowest BCUT2D eigenvalue weighted by Gasteiger charge is -2.23. The maximum Gasteiger partial charge on any atom is 0.119 e. The first-order chi connectivity index (χ1) is 8.75. The summed E-state index contributed by atoms with van der Waals surface area (Å²) in [4.78, 5) is 0. The Morgan fingerprint density at radius 1 is 1.17 bits per heavy atom. The third-order valence-corrected chi connectivity index (χ3v) is 3.65. The monoisotopic (exact) mass is 247 g/mol. The molecule has 0 unspecified atom stereocenters. The molecule has 2 heteroatoms. The molecular formula is C16H25NO. The van der Waals surface area contributed by atoms with Crippen molar-refractivity contribution in [3.8, 4) is 5.75 Å². The molecule has 1 saturated heterocycles. The van der Waals surface area contributed by atoms with Gasteiger partial charge < -0.3 is 10.1 Å². The standard InChI is InChI=1S/C16H25NO/c1-13(2)9-12-18-16-5-3-14(4-6-16)15-7-10-17-11-8-15/h3-6,13,15,17H,7-12H2,1-2H3.